The van der Waals surface area contributed by atoms with Crippen LogP contribution >= 0.6 is 23.2 Å². The summed E-state index contributed by atoms with van der Waals surface area (Å²) in [5.41, 5.74) is 1.44. The Kier molecular flexibility index (Phi) is 4.87. The molecule has 15 heavy (non-hydrogen) atoms. The molecule has 2 unspecified atom stereocenters. The van der Waals surface area contributed by atoms with E-state index in [9.17, 15) is 10.2 Å². The summed E-state index contributed by atoms with van der Waals surface area (Å²) in [7, 11) is 0. The van der Waals surface area contributed by atoms with E-state index < -0.39 is 12.2 Å². The second-order valence-corrected chi connectivity index (χ2v) is 4.23. The lowest BCUT2D eigenvalue weighted by molar-refractivity contribution is 0.0166. The van der Waals surface area contributed by atoms with Crippen LogP contribution in [-0.2, 0) is 0 Å². The van der Waals surface area contributed by atoms with Crippen LogP contribution in [0, 0.1) is 6.92 Å². The zero-order valence-corrected chi connectivity index (χ0v) is 9.96. The molecule has 0 aliphatic heterocycles. The maximum atomic E-state index is 9.86. The third kappa shape index (κ3) is 3.08. The molecule has 0 bridgehead atoms. The van der Waals surface area contributed by atoms with Crippen molar-refractivity contribution in [3.63, 3.8) is 0 Å². The molecule has 0 radical (unpaired) electrons. The number of aliphatic hydroxyl groups is 2. The summed E-state index contributed by atoms with van der Waals surface area (Å²) in [6, 6.07) is 5.26. The van der Waals surface area contributed by atoms with Gasteiger partial charge in [-0.05, 0) is 30.5 Å². The van der Waals surface area contributed by atoms with E-state index in [0.717, 1.165) is 5.56 Å². The van der Waals surface area contributed by atoms with Crippen LogP contribution in [-0.4, -0.2) is 22.2 Å². The largest absolute Gasteiger partial charge is 0.390 e. The summed E-state index contributed by atoms with van der Waals surface area (Å²) < 4.78 is 0. The summed E-state index contributed by atoms with van der Waals surface area (Å²) in [6.45, 7) is 1.81. The first kappa shape index (κ1) is 12.8. The molecule has 84 valence electrons. The summed E-state index contributed by atoms with van der Waals surface area (Å²) in [4.78, 5) is 0. The van der Waals surface area contributed by atoms with Crippen LogP contribution in [0.15, 0.2) is 18.2 Å². The maximum absolute atomic E-state index is 9.86. The number of rotatable bonds is 4. The summed E-state index contributed by atoms with van der Waals surface area (Å²) in [5.74, 6) is 0.317. The van der Waals surface area contributed by atoms with Gasteiger partial charge in [0, 0.05) is 10.9 Å². The number of halogens is 2. The summed E-state index contributed by atoms with van der Waals surface area (Å²) >= 11 is 11.4. The molecule has 1 rings (SSSR count). The number of benzene rings is 1. The molecule has 0 heterocycles. The zero-order chi connectivity index (χ0) is 11.4. The third-order valence-corrected chi connectivity index (χ3v) is 3.03. The van der Waals surface area contributed by atoms with Crippen LogP contribution in [0.3, 0.4) is 0 Å². The molecule has 0 fully saturated rings. The minimum Gasteiger partial charge on any atom is -0.390 e. The van der Waals surface area contributed by atoms with Crippen LogP contribution in [0.4, 0.5) is 0 Å². The van der Waals surface area contributed by atoms with Crippen molar-refractivity contribution in [3.8, 4) is 0 Å². The molecule has 1 aromatic carbocycles. The minimum absolute atomic E-state index is 0.317. The Hall–Kier alpha value is -0.280. The lowest BCUT2D eigenvalue weighted by atomic mass is 9.98. The van der Waals surface area contributed by atoms with Gasteiger partial charge >= 0.3 is 0 Å². The second-order valence-electron chi connectivity index (χ2n) is 3.44. The van der Waals surface area contributed by atoms with Crippen LogP contribution in [0.25, 0.3) is 0 Å². The van der Waals surface area contributed by atoms with Gasteiger partial charge in [-0.3, -0.25) is 0 Å². The molecule has 1 aromatic rings. The minimum atomic E-state index is -0.928. The molecule has 0 spiro atoms. The van der Waals surface area contributed by atoms with Crippen molar-refractivity contribution >= 4 is 23.2 Å². The van der Waals surface area contributed by atoms with E-state index in [1.165, 1.54) is 0 Å². The van der Waals surface area contributed by atoms with Gasteiger partial charge in [-0.1, -0.05) is 23.7 Å². The Bertz CT molecular complexity index is 328. The Balaban J connectivity index is 2.90. The van der Waals surface area contributed by atoms with Gasteiger partial charge in [0.1, 0.15) is 6.10 Å². The van der Waals surface area contributed by atoms with Crippen molar-refractivity contribution in [1.29, 1.82) is 0 Å². The van der Waals surface area contributed by atoms with Gasteiger partial charge in [0.25, 0.3) is 0 Å². The Morgan fingerprint density at radius 1 is 1.33 bits per heavy atom. The van der Waals surface area contributed by atoms with E-state index in [1.54, 1.807) is 18.2 Å². The highest BCUT2D eigenvalue weighted by Crippen LogP contribution is 2.27. The van der Waals surface area contributed by atoms with E-state index in [2.05, 4.69) is 0 Å². The molecule has 0 saturated heterocycles. The maximum Gasteiger partial charge on any atom is 0.105 e. The van der Waals surface area contributed by atoms with Crippen molar-refractivity contribution in [3.05, 3.63) is 34.3 Å². The lowest BCUT2D eigenvalue weighted by Crippen LogP contribution is -2.19. The fourth-order valence-electron chi connectivity index (χ4n) is 1.42. The monoisotopic (exact) mass is 248 g/mol. The van der Waals surface area contributed by atoms with E-state index in [-0.39, 0.29) is 0 Å². The quantitative estimate of drug-likeness (QED) is 0.805. The van der Waals surface area contributed by atoms with E-state index in [0.29, 0.717) is 22.9 Å². The van der Waals surface area contributed by atoms with Gasteiger partial charge in [0.05, 0.1) is 6.10 Å². The molecule has 0 amide bonds. The van der Waals surface area contributed by atoms with E-state index >= 15 is 0 Å². The standard InChI is InChI=1S/C11H14Cl2O2/c1-7-8(3-2-4-9(7)13)11(15)10(14)5-6-12/h2-4,10-11,14-15H,5-6H2,1H3. The lowest BCUT2D eigenvalue weighted by Gasteiger charge is -2.19. The molecule has 2 nitrogen and oxygen atoms in total. The molecule has 0 aliphatic carbocycles. The molecular formula is C11H14Cl2O2. The third-order valence-electron chi connectivity index (χ3n) is 2.40. The zero-order valence-electron chi connectivity index (χ0n) is 8.45. The average molecular weight is 249 g/mol. The van der Waals surface area contributed by atoms with Gasteiger partial charge in [-0.15, -0.1) is 11.6 Å². The highest BCUT2D eigenvalue weighted by Gasteiger charge is 2.19. The predicted octanol–water partition coefficient (Wildman–Crippen LogP) is 2.67. The Morgan fingerprint density at radius 2 is 2.00 bits per heavy atom. The predicted molar refractivity (Wildman–Crippen MR) is 62.5 cm³/mol. The molecular weight excluding hydrogens is 235 g/mol. The first-order chi connectivity index (χ1) is 7.07. The normalized spacial score (nSPS) is 15.0. The van der Waals surface area contributed by atoms with Crippen LogP contribution in [0.2, 0.25) is 5.02 Å². The molecule has 0 aromatic heterocycles. The molecule has 2 N–H and O–H groups in total. The first-order valence-corrected chi connectivity index (χ1v) is 5.66. The van der Waals surface area contributed by atoms with Gasteiger partial charge in [0.15, 0.2) is 0 Å². The van der Waals surface area contributed by atoms with E-state index in [1.807, 2.05) is 6.92 Å². The highest BCUT2D eigenvalue weighted by atomic mass is 35.5. The Labute approximate surface area is 99.5 Å². The first-order valence-electron chi connectivity index (χ1n) is 4.75. The molecule has 0 saturated carbocycles. The van der Waals surface area contributed by atoms with Crippen molar-refractivity contribution in [2.45, 2.75) is 25.6 Å². The van der Waals surface area contributed by atoms with Crippen LogP contribution < -0.4 is 0 Å². The van der Waals surface area contributed by atoms with Crippen molar-refractivity contribution in [1.82, 2.24) is 0 Å². The van der Waals surface area contributed by atoms with Crippen molar-refractivity contribution < 1.29 is 10.2 Å². The smallest absolute Gasteiger partial charge is 0.105 e. The van der Waals surface area contributed by atoms with Crippen LogP contribution in [0.1, 0.15) is 23.7 Å². The molecule has 2 atom stereocenters. The number of alkyl halides is 1. The topological polar surface area (TPSA) is 40.5 Å². The number of hydrogen-bond acceptors (Lipinski definition) is 2. The van der Waals surface area contributed by atoms with Crippen molar-refractivity contribution in [2.75, 3.05) is 5.88 Å². The average Bonchev–Trinajstić information content (AvgIpc) is 2.21. The summed E-state index contributed by atoms with van der Waals surface area (Å²) in [6.07, 6.45) is -1.42. The van der Waals surface area contributed by atoms with E-state index in [4.69, 9.17) is 23.2 Å². The highest BCUT2D eigenvalue weighted by molar-refractivity contribution is 6.31. The molecule has 4 heteroatoms. The van der Waals surface area contributed by atoms with Crippen LogP contribution in [0.5, 0.6) is 0 Å². The van der Waals surface area contributed by atoms with Gasteiger partial charge in [0.2, 0.25) is 0 Å². The second kappa shape index (κ2) is 5.71. The molecule has 0 aliphatic rings. The number of aliphatic hydroxyl groups excluding tert-OH is 2. The van der Waals surface area contributed by atoms with Gasteiger partial charge < -0.3 is 10.2 Å². The fourth-order valence-corrected chi connectivity index (χ4v) is 1.83. The SMILES string of the molecule is Cc1c(Cl)cccc1C(O)C(O)CCCl. The van der Waals surface area contributed by atoms with Crippen molar-refractivity contribution in [2.24, 2.45) is 0 Å². The Morgan fingerprint density at radius 3 is 2.60 bits per heavy atom. The number of hydrogen-bond donors (Lipinski definition) is 2. The fraction of sp³-hybridized carbons (Fsp3) is 0.455. The van der Waals surface area contributed by atoms with Gasteiger partial charge in [-0.2, -0.15) is 0 Å². The van der Waals surface area contributed by atoms with Gasteiger partial charge in [-0.25, -0.2) is 0 Å². The summed E-state index contributed by atoms with van der Waals surface area (Å²) in [5, 5.41) is 20.1.